The number of nitrogens with zero attached hydrogens (tertiary/aromatic N) is 1. The Kier molecular flexibility index (Phi) is 6.59. The van der Waals surface area contributed by atoms with E-state index in [4.69, 9.17) is 14.9 Å². The number of anilines is 3. The number of hydrogen-bond donors (Lipinski definition) is 2. The number of rotatable bonds is 9. The molecule has 3 N–H and O–H groups in total. The first kappa shape index (κ1) is 22.0. The Balaban J connectivity index is 1.28. The Bertz CT molecular complexity index is 1260. The van der Waals surface area contributed by atoms with Crippen LogP contribution in [-0.2, 0) is 4.79 Å². The number of ether oxygens (including phenoxy) is 1. The first-order chi connectivity index (χ1) is 16.0. The number of fused-ring (bicyclic) bond motifs is 1. The molecule has 0 unspecified atom stereocenters. The molecule has 3 aromatic carbocycles. The fourth-order valence-corrected chi connectivity index (χ4v) is 3.44. The highest BCUT2D eigenvalue weighted by atomic mass is 16.5. The van der Waals surface area contributed by atoms with Gasteiger partial charge in [-0.25, -0.2) is 0 Å². The van der Waals surface area contributed by atoms with Gasteiger partial charge in [-0.15, -0.1) is 0 Å². The molecule has 33 heavy (non-hydrogen) atoms. The molecule has 0 saturated heterocycles. The lowest BCUT2D eigenvalue weighted by molar-refractivity contribution is -0.107. The summed E-state index contributed by atoms with van der Waals surface area (Å²) in [6.07, 6.45) is 1.38. The molecule has 168 valence electrons. The number of nitrogens with two attached hydrogens (primary N) is 1. The molecule has 0 radical (unpaired) electrons. The maximum absolute atomic E-state index is 12.4. The van der Waals surface area contributed by atoms with Crippen molar-refractivity contribution in [2.75, 3.05) is 29.1 Å². The molecule has 0 fully saturated rings. The van der Waals surface area contributed by atoms with Crippen LogP contribution < -0.4 is 20.7 Å². The van der Waals surface area contributed by atoms with Gasteiger partial charge in [-0.2, -0.15) is 0 Å². The minimum atomic E-state index is -0.248. The van der Waals surface area contributed by atoms with E-state index in [2.05, 4.69) is 5.32 Å². The number of hydrogen-bond acceptors (Lipinski definition) is 5. The second-order valence-electron chi connectivity index (χ2n) is 7.69. The normalized spacial score (nSPS) is 10.7. The highest BCUT2D eigenvalue weighted by Crippen LogP contribution is 2.26. The maximum Gasteiger partial charge on any atom is 0.255 e. The zero-order chi connectivity index (χ0) is 23.2. The largest absolute Gasteiger partial charge is 0.494 e. The van der Waals surface area contributed by atoms with Gasteiger partial charge < -0.3 is 20.2 Å². The second-order valence-corrected chi connectivity index (χ2v) is 7.69. The lowest BCUT2D eigenvalue weighted by atomic mass is 10.2. The van der Waals surface area contributed by atoms with Crippen LogP contribution >= 0.6 is 0 Å². The van der Waals surface area contributed by atoms with E-state index in [1.165, 1.54) is 4.90 Å². The number of amides is 2. The van der Waals surface area contributed by atoms with Crippen molar-refractivity contribution in [1.82, 2.24) is 0 Å². The number of nitrogen functional groups attached to an aromatic ring is 1. The van der Waals surface area contributed by atoms with E-state index >= 15 is 0 Å². The van der Waals surface area contributed by atoms with Gasteiger partial charge >= 0.3 is 0 Å². The fraction of sp³-hybridized carbons (Fsp3) is 0.154. The summed E-state index contributed by atoms with van der Waals surface area (Å²) in [4.78, 5) is 25.5. The van der Waals surface area contributed by atoms with Crippen LogP contribution in [0.1, 0.15) is 22.3 Å². The van der Waals surface area contributed by atoms with Crippen molar-refractivity contribution < 1.29 is 18.7 Å². The summed E-state index contributed by atoms with van der Waals surface area (Å²) in [6, 6.07) is 21.7. The zero-order valence-corrected chi connectivity index (χ0v) is 18.3. The molecule has 7 nitrogen and oxygen atoms in total. The molecular weight excluding hydrogens is 418 g/mol. The minimum Gasteiger partial charge on any atom is -0.494 e. The molecule has 0 aliphatic rings. The van der Waals surface area contributed by atoms with Crippen molar-refractivity contribution in [3.05, 3.63) is 83.9 Å². The highest BCUT2D eigenvalue weighted by Gasteiger charge is 2.12. The summed E-state index contributed by atoms with van der Waals surface area (Å²) < 4.78 is 11.5. The van der Waals surface area contributed by atoms with Gasteiger partial charge in [-0.1, -0.05) is 23.8 Å². The van der Waals surface area contributed by atoms with Gasteiger partial charge in [0.25, 0.3) is 5.91 Å². The third-order valence-corrected chi connectivity index (χ3v) is 5.21. The van der Waals surface area contributed by atoms with E-state index in [9.17, 15) is 9.59 Å². The van der Waals surface area contributed by atoms with Crippen molar-refractivity contribution in [2.24, 2.45) is 0 Å². The number of para-hydroxylation sites is 2. The van der Waals surface area contributed by atoms with E-state index in [1.807, 2.05) is 43.3 Å². The number of aryl methyl sites for hydroxylation is 1. The van der Waals surface area contributed by atoms with Crippen molar-refractivity contribution >= 4 is 40.5 Å². The summed E-state index contributed by atoms with van der Waals surface area (Å²) in [7, 11) is 0. The van der Waals surface area contributed by atoms with Crippen molar-refractivity contribution in [3.8, 4) is 5.75 Å². The standard InChI is InChI=1S/C26H25N3O4/c1-18-7-12-24-20(15-18)16-25(33-24)29(17-30)13-4-14-32-21-10-8-19(9-11-21)26(31)28-23-6-3-2-5-22(23)27/h2-3,5-12,15-17H,4,13-14,27H2,1H3,(H,28,31). The first-order valence-electron chi connectivity index (χ1n) is 10.6. The van der Waals surface area contributed by atoms with Gasteiger partial charge in [0.05, 0.1) is 18.0 Å². The molecule has 0 aliphatic heterocycles. The van der Waals surface area contributed by atoms with E-state index < -0.39 is 0 Å². The third-order valence-electron chi connectivity index (χ3n) is 5.21. The van der Waals surface area contributed by atoms with Crippen LogP contribution in [0.5, 0.6) is 5.75 Å². The van der Waals surface area contributed by atoms with Crippen LogP contribution in [0, 0.1) is 6.92 Å². The fourth-order valence-electron chi connectivity index (χ4n) is 3.44. The van der Waals surface area contributed by atoms with Gasteiger partial charge in [0, 0.05) is 23.6 Å². The van der Waals surface area contributed by atoms with Crippen molar-refractivity contribution in [3.63, 3.8) is 0 Å². The zero-order valence-electron chi connectivity index (χ0n) is 18.3. The van der Waals surface area contributed by atoms with Gasteiger partial charge in [0.15, 0.2) is 0 Å². The smallest absolute Gasteiger partial charge is 0.255 e. The maximum atomic E-state index is 12.4. The Morgan fingerprint density at radius 1 is 1.09 bits per heavy atom. The number of nitrogens with one attached hydrogen (secondary N) is 1. The monoisotopic (exact) mass is 443 g/mol. The third kappa shape index (κ3) is 5.33. The molecule has 2 amide bonds. The molecule has 4 rings (SSSR count). The van der Waals surface area contributed by atoms with Crippen LogP contribution in [0.3, 0.4) is 0 Å². The minimum absolute atomic E-state index is 0.248. The number of furan rings is 1. The van der Waals surface area contributed by atoms with E-state index in [0.29, 0.717) is 48.1 Å². The highest BCUT2D eigenvalue weighted by molar-refractivity contribution is 6.05. The Morgan fingerprint density at radius 2 is 1.88 bits per heavy atom. The van der Waals surface area contributed by atoms with Gasteiger partial charge in [-0.3, -0.25) is 14.5 Å². The topological polar surface area (TPSA) is 97.8 Å². The summed E-state index contributed by atoms with van der Waals surface area (Å²) >= 11 is 0. The van der Waals surface area contributed by atoms with Crippen molar-refractivity contribution in [1.29, 1.82) is 0 Å². The van der Waals surface area contributed by atoms with Crippen LogP contribution in [-0.4, -0.2) is 25.5 Å². The number of benzene rings is 3. The molecule has 4 aromatic rings. The lowest BCUT2D eigenvalue weighted by Gasteiger charge is -2.14. The van der Waals surface area contributed by atoms with Gasteiger partial charge in [-0.05, 0) is 61.9 Å². The van der Waals surface area contributed by atoms with Crippen LogP contribution in [0.25, 0.3) is 11.0 Å². The summed E-state index contributed by atoms with van der Waals surface area (Å²) in [5.41, 5.74) is 9.32. The van der Waals surface area contributed by atoms with Crippen LogP contribution in [0.2, 0.25) is 0 Å². The summed E-state index contributed by atoms with van der Waals surface area (Å²) in [5, 5.41) is 3.76. The summed E-state index contributed by atoms with van der Waals surface area (Å²) in [6.45, 7) is 2.89. The molecule has 0 aliphatic carbocycles. The Morgan fingerprint density at radius 3 is 2.64 bits per heavy atom. The average Bonchev–Trinajstić information content (AvgIpc) is 3.24. The quantitative estimate of drug-likeness (QED) is 0.215. The molecule has 0 bridgehead atoms. The van der Waals surface area contributed by atoms with Crippen molar-refractivity contribution in [2.45, 2.75) is 13.3 Å². The van der Waals surface area contributed by atoms with Crippen LogP contribution in [0.15, 0.2) is 77.2 Å². The molecule has 7 heteroatoms. The molecule has 0 saturated carbocycles. The van der Waals surface area contributed by atoms with E-state index in [0.717, 1.165) is 22.9 Å². The SMILES string of the molecule is Cc1ccc2oc(N(C=O)CCCOc3ccc(C(=O)Nc4ccccc4N)cc3)cc2c1. The summed E-state index contributed by atoms with van der Waals surface area (Å²) in [5.74, 6) is 0.907. The molecule has 1 aromatic heterocycles. The molecule has 0 atom stereocenters. The second kappa shape index (κ2) is 9.91. The van der Waals surface area contributed by atoms with Gasteiger partial charge in [0.2, 0.25) is 12.3 Å². The predicted molar refractivity (Wildman–Crippen MR) is 130 cm³/mol. The molecule has 1 heterocycles. The number of carbonyl (C=O) groups excluding carboxylic acids is 2. The molecular formula is C26H25N3O4. The molecule has 0 spiro atoms. The van der Waals surface area contributed by atoms with Crippen LogP contribution in [0.4, 0.5) is 17.3 Å². The lowest BCUT2D eigenvalue weighted by Crippen LogP contribution is -2.23. The average molecular weight is 444 g/mol. The Hall–Kier alpha value is -4.26. The first-order valence-corrected chi connectivity index (χ1v) is 10.6. The predicted octanol–water partition coefficient (Wildman–Crippen LogP) is 5.01. The van der Waals surface area contributed by atoms with E-state index in [-0.39, 0.29) is 5.91 Å². The van der Waals surface area contributed by atoms with E-state index in [1.54, 1.807) is 36.4 Å². The Labute approximate surface area is 191 Å². The number of carbonyl (C=O) groups is 2. The van der Waals surface area contributed by atoms with Gasteiger partial charge in [0.1, 0.15) is 11.3 Å².